The maximum absolute atomic E-state index is 12.4. The fourth-order valence-corrected chi connectivity index (χ4v) is 4.73. The first-order chi connectivity index (χ1) is 13.7. The molecule has 0 aliphatic rings. The van der Waals surface area contributed by atoms with E-state index in [9.17, 15) is 4.79 Å². The van der Waals surface area contributed by atoms with Gasteiger partial charge in [-0.2, -0.15) is 5.10 Å². The molecule has 0 fully saturated rings. The molecule has 3 nitrogen and oxygen atoms in total. The summed E-state index contributed by atoms with van der Waals surface area (Å²) < 4.78 is 1.83. The highest BCUT2D eigenvalue weighted by atomic mass is 79.9. The number of benzene rings is 3. The number of nitrogens with one attached hydrogen (secondary N) is 1. The van der Waals surface area contributed by atoms with E-state index < -0.39 is 0 Å². The first-order valence-electron chi connectivity index (χ1n) is 8.45. The molecule has 0 aliphatic heterocycles. The molecule has 3 aromatic rings. The molecular weight excluding hydrogens is 452 g/mol. The minimum atomic E-state index is -0.270. The monoisotopic (exact) mass is 468 g/mol. The topological polar surface area (TPSA) is 41.5 Å². The van der Waals surface area contributed by atoms with Crippen LogP contribution in [-0.2, 0) is 4.79 Å². The standard InChI is InChI=1S/C22H17BrN2OS2/c23-18-9-7-8-17(14-18)16-24-25-21(26)15-22(27-19-10-3-1-4-11-19)28-20-12-5-2-6-13-20/h1-16H,(H,25,26)/b24-16-. The van der Waals surface area contributed by atoms with Crippen molar-refractivity contribution in [2.75, 3.05) is 0 Å². The number of carbonyl (C=O) groups is 1. The van der Waals surface area contributed by atoms with Crippen LogP contribution >= 0.6 is 39.5 Å². The average molecular weight is 469 g/mol. The summed E-state index contributed by atoms with van der Waals surface area (Å²) in [6, 6.07) is 27.6. The number of nitrogens with zero attached hydrogens (tertiary/aromatic N) is 1. The predicted octanol–water partition coefficient (Wildman–Crippen LogP) is 6.33. The first-order valence-corrected chi connectivity index (χ1v) is 10.9. The van der Waals surface area contributed by atoms with Gasteiger partial charge in [0.15, 0.2) is 0 Å². The van der Waals surface area contributed by atoms with E-state index in [2.05, 4.69) is 26.5 Å². The van der Waals surface area contributed by atoms with Gasteiger partial charge in [0.1, 0.15) is 0 Å². The number of rotatable bonds is 7. The molecule has 3 aromatic carbocycles. The molecule has 0 atom stereocenters. The van der Waals surface area contributed by atoms with E-state index in [-0.39, 0.29) is 5.91 Å². The van der Waals surface area contributed by atoms with E-state index in [0.717, 1.165) is 24.1 Å². The molecule has 0 aliphatic carbocycles. The summed E-state index contributed by atoms with van der Waals surface area (Å²) in [6.45, 7) is 0. The minimum absolute atomic E-state index is 0.270. The summed E-state index contributed by atoms with van der Waals surface area (Å²) >= 11 is 6.51. The Morgan fingerprint density at radius 2 is 1.46 bits per heavy atom. The van der Waals surface area contributed by atoms with Gasteiger partial charge < -0.3 is 0 Å². The lowest BCUT2D eigenvalue weighted by Gasteiger charge is -2.07. The summed E-state index contributed by atoms with van der Waals surface area (Å²) in [4.78, 5) is 14.5. The Labute approximate surface area is 181 Å². The molecule has 1 amide bonds. The van der Waals surface area contributed by atoms with Crippen LogP contribution in [-0.4, -0.2) is 12.1 Å². The van der Waals surface area contributed by atoms with E-state index in [4.69, 9.17) is 0 Å². The Bertz CT molecular complexity index is 933. The van der Waals surface area contributed by atoms with Gasteiger partial charge in [0.2, 0.25) is 0 Å². The van der Waals surface area contributed by atoms with Crippen LogP contribution in [0.15, 0.2) is 115 Å². The van der Waals surface area contributed by atoms with E-state index in [0.29, 0.717) is 0 Å². The van der Waals surface area contributed by atoms with Crippen LogP contribution < -0.4 is 5.43 Å². The molecule has 0 spiro atoms. The molecule has 3 rings (SSSR count). The summed E-state index contributed by atoms with van der Waals surface area (Å²) in [6.07, 6.45) is 3.19. The second kappa shape index (κ2) is 10.9. The van der Waals surface area contributed by atoms with Crippen molar-refractivity contribution in [3.05, 3.63) is 105 Å². The second-order valence-electron chi connectivity index (χ2n) is 5.58. The summed E-state index contributed by atoms with van der Waals surface area (Å²) in [7, 11) is 0. The van der Waals surface area contributed by atoms with Gasteiger partial charge in [-0.25, -0.2) is 5.43 Å². The van der Waals surface area contributed by atoms with E-state index in [1.54, 1.807) is 35.8 Å². The molecule has 0 radical (unpaired) electrons. The molecule has 0 aromatic heterocycles. The van der Waals surface area contributed by atoms with Crippen molar-refractivity contribution in [1.82, 2.24) is 5.43 Å². The van der Waals surface area contributed by atoms with Gasteiger partial charge in [0, 0.05) is 20.3 Å². The number of hydrogen-bond acceptors (Lipinski definition) is 4. The molecule has 0 heterocycles. The van der Waals surface area contributed by atoms with Crippen molar-refractivity contribution in [2.45, 2.75) is 9.79 Å². The van der Waals surface area contributed by atoms with Crippen molar-refractivity contribution in [3.8, 4) is 0 Å². The molecule has 0 unspecified atom stereocenters. The van der Waals surface area contributed by atoms with Crippen molar-refractivity contribution >= 4 is 51.6 Å². The third-order valence-corrected chi connectivity index (χ3v) is 6.06. The van der Waals surface area contributed by atoms with Gasteiger partial charge in [0.25, 0.3) is 5.91 Å². The quantitative estimate of drug-likeness (QED) is 0.190. The highest BCUT2D eigenvalue weighted by molar-refractivity contribution is 9.10. The second-order valence-corrected chi connectivity index (χ2v) is 8.99. The van der Waals surface area contributed by atoms with E-state index >= 15 is 0 Å². The maximum Gasteiger partial charge on any atom is 0.265 e. The highest BCUT2D eigenvalue weighted by Gasteiger charge is 2.07. The van der Waals surface area contributed by atoms with Crippen LogP contribution in [0, 0.1) is 0 Å². The van der Waals surface area contributed by atoms with Gasteiger partial charge >= 0.3 is 0 Å². The zero-order chi connectivity index (χ0) is 19.6. The van der Waals surface area contributed by atoms with Crippen LogP contribution in [0.25, 0.3) is 0 Å². The minimum Gasteiger partial charge on any atom is -0.268 e. The fraction of sp³-hybridized carbons (Fsp3) is 0. The van der Waals surface area contributed by atoms with Gasteiger partial charge in [-0.1, -0.05) is 88.0 Å². The normalized spacial score (nSPS) is 10.6. The Kier molecular flexibility index (Phi) is 7.96. The molecule has 6 heteroatoms. The van der Waals surface area contributed by atoms with Crippen molar-refractivity contribution in [3.63, 3.8) is 0 Å². The SMILES string of the molecule is O=C(C=C(Sc1ccccc1)Sc1ccccc1)N/N=C\c1cccc(Br)c1. The van der Waals surface area contributed by atoms with Gasteiger partial charge in [-0.3, -0.25) is 4.79 Å². The fourth-order valence-electron chi connectivity index (χ4n) is 2.19. The van der Waals surface area contributed by atoms with Crippen molar-refractivity contribution < 1.29 is 4.79 Å². The Hall–Kier alpha value is -2.28. The Morgan fingerprint density at radius 1 is 0.857 bits per heavy atom. The molecule has 1 N–H and O–H groups in total. The summed E-state index contributed by atoms with van der Waals surface area (Å²) in [5, 5.41) is 4.04. The van der Waals surface area contributed by atoms with Crippen LogP contribution in [0.3, 0.4) is 0 Å². The third-order valence-electron chi connectivity index (χ3n) is 3.41. The molecule has 0 saturated heterocycles. The lowest BCUT2D eigenvalue weighted by Crippen LogP contribution is -2.14. The maximum atomic E-state index is 12.4. The third kappa shape index (κ3) is 7.03. The first kappa shape index (κ1) is 20.5. The summed E-state index contributed by atoms with van der Waals surface area (Å²) in [5.74, 6) is -0.270. The molecule has 140 valence electrons. The number of hydrazone groups is 1. The van der Waals surface area contributed by atoms with Crippen molar-refractivity contribution in [1.29, 1.82) is 0 Å². The molecule has 28 heavy (non-hydrogen) atoms. The van der Waals surface area contributed by atoms with E-state index in [1.807, 2.05) is 84.9 Å². The molecule has 0 saturated carbocycles. The Balaban J connectivity index is 1.70. The number of halogens is 1. The van der Waals surface area contributed by atoms with Gasteiger partial charge in [-0.15, -0.1) is 0 Å². The molecule has 0 bridgehead atoms. The number of amides is 1. The van der Waals surface area contributed by atoms with Crippen LogP contribution in [0.4, 0.5) is 0 Å². The molecular formula is C22H17BrN2OS2. The van der Waals surface area contributed by atoms with Crippen molar-refractivity contribution in [2.24, 2.45) is 5.10 Å². The smallest absolute Gasteiger partial charge is 0.265 e. The lowest BCUT2D eigenvalue weighted by atomic mass is 10.2. The van der Waals surface area contributed by atoms with Crippen LogP contribution in [0.1, 0.15) is 5.56 Å². The number of thioether (sulfide) groups is 2. The zero-order valence-electron chi connectivity index (χ0n) is 14.8. The zero-order valence-corrected chi connectivity index (χ0v) is 18.0. The predicted molar refractivity (Wildman–Crippen MR) is 123 cm³/mol. The van der Waals surface area contributed by atoms with Crippen LogP contribution in [0.5, 0.6) is 0 Å². The van der Waals surface area contributed by atoms with Gasteiger partial charge in [0.05, 0.1) is 10.5 Å². The highest BCUT2D eigenvalue weighted by Crippen LogP contribution is 2.38. The number of hydrogen-bond donors (Lipinski definition) is 1. The van der Waals surface area contributed by atoms with E-state index in [1.165, 1.54) is 0 Å². The lowest BCUT2D eigenvalue weighted by molar-refractivity contribution is -0.116. The number of carbonyl (C=O) groups excluding carboxylic acids is 1. The van der Waals surface area contributed by atoms with Crippen LogP contribution in [0.2, 0.25) is 0 Å². The largest absolute Gasteiger partial charge is 0.268 e. The Morgan fingerprint density at radius 3 is 2.04 bits per heavy atom. The van der Waals surface area contributed by atoms with Gasteiger partial charge in [-0.05, 0) is 42.0 Å². The average Bonchev–Trinajstić information content (AvgIpc) is 2.69. The summed E-state index contributed by atoms with van der Waals surface area (Å²) in [5.41, 5.74) is 3.46.